The highest BCUT2D eigenvalue weighted by molar-refractivity contribution is 7.46. The minimum Gasteiger partial charge on any atom is -0.736 e. The van der Waals surface area contributed by atoms with Crippen LogP contribution in [0.4, 0.5) is 0 Å². The van der Waals surface area contributed by atoms with Crippen LogP contribution in [0.3, 0.4) is 0 Å². The lowest BCUT2D eigenvalue weighted by Crippen LogP contribution is -2.13. The Kier molecular flexibility index (Phi) is 6.42. The van der Waals surface area contributed by atoms with Crippen LogP contribution < -0.4 is 13.9 Å². The molecule has 4 nitrogen and oxygen atoms in total. The lowest BCUT2D eigenvalue weighted by Gasteiger charge is -2.25. The van der Waals surface area contributed by atoms with Crippen LogP contribution in [0.1, 0.15) is 0 Å². The Hall–Kier alpha value is -6.45. The first kappa shape index (κ1) is 30.2. The van der Waals surface area contributed by atoms with E-state index in [0.29, 0.717) is 22.3 Å². The highest BCUT2D eigenvalue weighted by Crippen LogP contribution is 2.61. The molecule has 0 bridgehead atoms. The summed E-state index contributed by atoms with van der Waals surface area (Å²) in [5, 5.41) is 11.9. The molecule has 0 fully saturated rings. The average molecular weight is 700 g/mol. The topological polar surface area (TPSA) is 58.6 Å². The summed E-state index contributed by atoms with van der Waals surface area (Å²) in [5.74, 6) is 0.514. The number of hydrogen-bond donors (Lipinski definition) is 0. The molecule has 53 heavy (non-hydrogen) atoms. The summed E-state index contributed by atoms with van der Waals surface area (Å²) in [6.45, 7) is 0. The van der Waals surface area contributed by atoms with E-state index in [0.717, 1.165) is 75.8 Å². The van der Waals surface area contributed by atoms with E-state index in [4.69, 9.17) is 9.05 Å². The molecule has 0 atom stereocenters. The van der Waals surface area contributed by atoms with E-state index in [9.17, 15) is 9.46 Å². The van der Waals surface area contributed by atoms with Crippen molar-refractivity contribution >= 4 is 72.5 Å². The van der Waals surface area contributed by atoms with Crippen LogP contribution in [0, 0.1) is 0 Å². The monoisotopic (exact) mass is 699 g/mol. The summed E-state index contributed by atoms with van der Waals surface area (Å²) in [5.41, 5.74) is 4.55. The van der Waals surface area contributed by atoms with Gasteiger partial charge in [-0.2, -0.15) is 0 Å². The fraction of sp³-hybridized carbons (Fsp3) is 0. The first-order chi connectivity index (χ1) is 26.0. The Bertz CT molecular complexity index is 2920. The largest absolute Gasteiger partial charge is 0.736 e. The summed E-state index contributed by atoms with van der Waals surface area (Å²) in [6.07, 6.45) is 0. The van der Waals surface area contributed by atoms with Gasteiger partial charge in [-0.1, -0.05) is 146 Å². The van der Waals surface area contributed by atoms with Crippen molar-refractivity contribution in [2.24, 2.45) is 0 Å². The van der Waals surface area contributed by atoms with Gasteiger partial charge in [0, 0.05) is 33.4 Å². The third-order valence-corrected chi connectivity index (χ3v) is 11.6. The van der Waals surface area contributed by atoms with E-state index in [1.165, 1.54) is 0 Å². The smallest absolute Gasteiger partial charge is 0.372 e. The molecule has 0 N–H and O–H groups in total. The van der Waals surface area contributed by atoms with Crippen LogP contribution in [-0.2, 0) is 4.57 Å². The van der Waals surface area contributed by atoms with Crippen LogP contribution >= 0.6 is 7.82 Å². The summed E-state index contributed by atoms with van der Waals surface area (Å²) in [6, 6.07) is 57.7. The Morgan fingerprint density at radius 2 is 0.585 bits per heavy atom. The molecule has 0 spiro atoms. The Balaban J connectivity index is 1.37. The molecule has 0 aromatic heterocycles. The fourth-order valence-electron chi connectivity index (χ4n) is 8.56. The standard InChI is InChI=1S/C48H29O4P/c49-53(50)51-47-41(43-35-19-7-1-13-29(35)25-30-14-2-8-20-36(30)43)27-33-17-5-11-23-39(33)45(47)46-40-24-12-6-18-34(40)28-42(48(46)52-53)44-37-21-9-3-15-31(37)26-32-16-4-10-22-38(32)44/h1-28H,(H,49,50)/p-1. The van der Waals surface area contributed by atoms with Crippen LogP contribution in [0.5, 0.6) is 11.5 Å². The van der Waals surface area contributed by atoms with Crippen LogP contribution in [0.15, 0.2) is 170 Å². The lowest BCUT2D eigenvalue weighted by molar-refractivity contribution is -0.208. The predicted octanol–water partition coefficient (Wildman–Crippen LogP) is 12.8. The number of phosphoric ester groups is 1. The van der Waals surface area contributed by atoms with Crippen molar-refractivity contribution in [3.05, 3.63) is 170 Å². The molecule has 0 saturated carbocycles. The second-order valence-electron chi connectivity index (χ2n) is 13.7. The van der Waals surface area contributed by atoms with Gasteiger partial charge in [0.15, 0.2) is 0 Å². The van der Waals surface area contributed by atoms with Crippen molar-refractivity contribution in [2.45, 2.75) is 0 Å². The van der Waals surface area contributed by atoms with E-state index >= 15 is 0 Å². The maximum absolute atomic E-state index is 14.5. The Labute approximate surface area is 304 Å². The van der Waals surface area contributed by atoms with Gasteiger partial charge < -0.3 is 13.9 Å². The first-order valence-corrected chi connectivity index (χ1v) is 19.1. The number of fused-ring (bicyclic) bond motifs is 11. The molecule has 1 heterocycles. The number of phosphoric acid groups is 1. The summed E-state index contributed by atoms with van der Waals surface area (Å²) < 4.78 is 27.1. The van der Waals surface area contributed by atoms with Crippen molar-refractivity contribution in [1.29, 1.82) is 0 Å². The quantitative estimate of drug-likeness (QED) is 0.133. The predicted molar refractivity (Wildman–Crippen MR) is 217 cm³/mol. The van der Waals surface area contributed by atoms with Gasteiger partial charge in [0.1, 0.15) is 11.5 Å². The number of rotatable bonds is 2. The zero-order chi connectivity index (χ0) is 35.3. The van der Waals surface area contributed by atoms with Crippen LogP contribution in [-0.4, -0.2) is 0 Å². The SMILES string of the molecule is O=P1([O-])Oc2c(-c3c4ccccc4cc4ccccc34)cc3ccccc3c2-c2c(c(-c3c4ccccc4cc4ccccc34)cc3ccccc23)O1. The van der Waals surface area contributed by atoms with Gasteiger partial charge in [0.05, 0.1) is 0 Å². The average Bonchev–Trinajstić information content (AvgIpc) is 3.32. The molecule has 10 aromatic rings. The van der Waals surface area contributed by atoms with E-state index in [2.05, 4.69) is 84.9 Å². The molecule has 0 aliphatic carbocycles. The van der Waals surface area contributed by atoms with Gasteiger partial charge >= 0.3 is 7.82 Å². The third-order valence-electron chi connectivity index (χ3n) is 10.7. The van der Waals surface area contributed by atoms with Gasteiger partial charge in [-0.05, 0) is 88.9 Å². The fourth-order valence-corrected chi connectivity index (χ4v) is 9.43. The van der Waals surface area contributed by atoms with E-state index < -0.39 is 7.82 Å². The third kappa shape index (κ3) is 4.57. The second kappa shape index (κ2) is 11.3. The van der Waals surface area contributed by atoms with Crippen molar-refractivity contribution in [1.82, 2.24) is 0 Å². The van der Waals surface area contributed by atoms with Gasteiger partial charge in [0.2, 0.25) is 0 Å². The molecule has 0 radical (unpaired) electrons. The maximum atomic E-state index is 14.5. The van der Waals surface area contributed by atoms with E-state index in [1.807, 2.05) is 84.9 Å². The molecule has 0 saturated heterocycles. The normalized spacial score (nSPS) is 13.5. The van der Waals surface area contributed by atoms with Gasteiger partial charge in [0.25, 0.3) is 0 Å². The van der Waals surface area contributed by atoms with Crippen molar-refractivity contribution < 1.29 is 18.5 Å². The molecule has 1 aliphatic rings. The van der Waals surface area contributed by atoms with Gasteiger partial charge in [-0.3, -0.25) is 0 Å². The summed E-state index contributed by atoms with van der Waals surface area (Å²) in [7, 11) is -5.04. The minimum atomic E-state index is -5.04. The van der Waals surface area contributed by atoms with Crippen LogP contribution in [0.25, 0.3) is 98.0 Å². The van der Waals surface area contributed by atoms with Gasteiger partial charge in [-0.15, -0.1) is 0 Å². The number of hydrogen-bond acceptors (Lipinski definition) is 4. The van der Waals surface area contributed by atoms with Crippen molar-refractivity contribution in [3.8, 4) is 44.9 Å². The molecule has 250 valence electrons. The second-order valence-corrected chi connectivity index (χ2v) is 15.0. The molecule has 0 unspecified atom stereocenters. The summed E-state index contributed by atoms with van der Waals surface area (Å²) in [4.78, 5) is 14.5. The Morgan fingerprint density at radius 1 is 0.340 bits per heavy atom. The summed E-state index contributed by atoms with van der Waals surface area (Å²) >= 11 is 0. The zero-order valence-corrected chi connectivity index (χ0v) is 29.1. The van der Waals surface area contributed by atoms with Crippen molar-refractivity contribution in [2.75, 3.05) is 0 Å². The first-order valence-electron chi connectivity index (χ1n) is 17.7. The highest BCUT2D eigenvalue weighted by Gasteiger charge is 2.34. The molecule has 11 rings (SSSR count). The minimum absolute atomic E-state index is 0.257. The van der Waals surface area contributed by atoms with Gasteiger partial charge in [-0.25, -0.2) is 4.57 Å². The highest BCUT2D eigenvalue weighted by atomic mass is 31.2. The number of benzene rings is 10. The molecule has 1 aliphatic heterocycles. The maximum Gasteiger partial charge on any atom is 0.372 e. The molecular formula is C48H28O4P-. The van der Waals surface area contributed by atoms with E-state index in [1.54, 1.807) is 0 Å². The molecular weight excluding hydrogens is 671 g/mol. The van der Waals surface area contributed by atoms with E-state index in [-0.39, 0.29) is 11.5 Å². The van der Waals surface area contributed by atoms with Crippen LogP contribution in [0.2, 0.25) is 0 Å². The Morgan fingerprint density at radius 3 is 0.887 bits per heavy atom. The molecule has 10 aromatic carbocycles. The zero-order valence-electron chi connectivity index (χ0n) is 28.2. The van der Waals surface area contributed by atoms with Crippen molar-refractivity contribution in [3.63, 3.8) is 0 Å². The lowest BCUT2D eigenvalue weighted by atomic mass is 9.83. The molecule has 5 heteroatoms. The molecule has 0 amide bonds.